The Morgan fingerprint density at radius 1 is 0.611 bits per heavy atom. The second-order valence-electron chi connectivity index (χ2n) is 8.13. The molecule has 4 rings (SSSR count). The maximum Gasteiger partial charge on any atom is 2.00 e. The molecular formula is C25H16F6N4Pt. The van der Waals surface area contributed by atoms with Gasteiger partial charge in [0.2, 0.25) is 0 Å². The number of hydrogen-bond donors (Lipinski definition) is 0. The van der Waals surface area contributed by atoms with E-state index in [9.17, 15) is 26.3 Å². The van der Waals surface area contributed by atoms with Gasteiger partial charge < -0.3 is 19.9 Å². The summed E-state index contributed by atoms with van der Waals surface area (Å²) in [4.78, 5) is 16.1. The standard InChI is InChI=1S/C25H16F6N4.Pt/c1-23(2,19-7-3-5-17(34-19)15-9-11-21(32-13-15)24(26,27)28)20-8-4-6-18(35-20)16-10-12-22(33-14-16)25(29,30)31;/h3-8,11-14H,1-2H3;/q-2;+2. The van der Waals surface area contributed by atoms with Gasteiger partial charge in [-0.2, -0.15) is 26.3 Å². The third-order valence-corrected chi connectivity index (χ3v) is 5.31. The molecule has 0 aliphatic carbocycles. The minimum absolute atomic E-state index is 0. The average Bonchev–Trinajstić information content (AvgIpc) is 2.83. The van der Waals surface area contributed by atoms with E-state index < -0.39 is 29.2 Å². The van der Waals surface area contributed by atoms with Gasteiger partial charge in [-0.1, -0.05) is 36.7 Å². The Labute approximate surface area is 217 Å². The molecule has 0 aliphatic rings. The van der Waals surface area contributed by atoms with E-state index in [4.69, 9.17) is 0 Å². The molecular weight excluding hydrogens is 665 g/mol. The molecule has 0 radical (unpaired) electrons. The topological polar surface area (TPSA) is 51.6 Å². The van der Waals surface area contributed by atoms with Gasteiger partial charge in [-0.3, -0.25) is 0 Å². The fourth-order valence-corrected chi connectivity index (χ4v) is 3.30. The van der Waals surface area contributed by atoms with Crippen molar-refractivity contribution in [1.29, 1.82) is 0 Å². The van der Waals surface area contributed by atoms with Crippen LogP contribution in [0.3, 0.4) is 0 Å². The first kappa shape index (κ1) is 27.5. The summed E-state index contributed by atoms with van der Waals surface area (Å²) in [6, 6.07) is 16.9. The van der Waals surface area contributed by atoms with E-state index in [1.807, 2.05) is 13.8 Å². The molecule has 0 atom stereocenters. The summed E-state index contributed by atoms with van der Waals surface area (Å²) in [5.41, 5.74) is -0.358. The molecule has 4 nitrogen and oxygen atoms in total. The number of pyridine rings is 4. The van der Waals surface area contributed by atoms with Gasteiger partial charge in [-0.05, 0) is 37.4 Å². The molecule has 0 aliphatic heterocycles. The van der Waals surface area contributed by atoms with Crippen LogP contribution in [0.25, 0.3) is 22.5 Å². The number of rotatable bonds is 4. The van der Waals surface area contributed by atoms with Gasteiger partial charge in [0.15, 0.2) is 0 Å². The van der Waals surface area contributed by atoms with Gasteiger partial charge in [0.1, 0.15) is 0 Å². The first-order valence-corrected chi connectivity index (χ1v) is 10.2. The summed E-state index contributed by atoms with van der Waals surface area (Å²) in [5, 5.41) is 0. The third kappa shape index (κ3) is 5.81. The van der Waals surface area contributed by atoms with Crippen LogP contribution in [0.2, 0.25) is 0 Å². The molecule has 0 spiro atoms. The van der Waals surface area contributed by atoms with Crippen LogP contribution in [0, 0.1) is 12.1 Å². The molecule has 0 fully saturated rings. The van der Waals surface area contributed by atoms with Gasteiger partial charge in [-0.25, -0.2) is 0 Å². The predicted octanol–water partition coefficient (Wildman–Crippen LogP) is 6.56. The zero-order valence-corrected chi connectivity index (χ0v) is 20.9. The largest absolute Gasteiger partial charge is 2.00 e. The Balaban J connectivity index is 0.00000361. The smallest absolute Gasteiger partial charge is 0.348 e. The van der Waals surface area contributed by atoms with Gasteiger partial charge in [0, 0.05) is 16.8 Å². The quantitative estimate of drug-likeness (QED) is 0.181. The van der Waals surface area contributed by atoms with E-state index in [1.54, 1.807) is 36.4 Å². The first-order valence-electron chi connectivity index (χ1n) is 10.2. The monoisotopic (exact) mass is 681 g/mol. The number of nitrogens with zero attached hydrogens (tertiary/aromatic N) is 4. The summed E-state index contributed by atoms with van der Waals surface area (Å²) in [7, 11) is 0. The van der Waals surface area contributed by atoms with Gasteiger partial charge in [0.25, 0.3) is 0 Å². The number of alkyl halides is 6. The van der Waals surface area contributed by atoms with Gasteiger partial charge >= 0.3 is 33.4 Å². The van der Waals surface area contributed by atoms with Crippen molar-refractivity contribution in [3.05, 3.63) is 95.8 Å². The molecule has 4 aromatic rings. The molecule has 0 bridgehead atoms. The fourth-order valence-electron chi connectivity index (χ4n) is 3.30. The van der Waals surface area contributed by atoms with Crippen molar-refractivity contribution in [3.8, 4) is 22.5 Å². The molecule has 4 heterocycles. The van der Waals surface area contributed by atoms with Crippen LogP contribution < -0.4 is 0 Å². The van der Waals surface area contributed by atoms with E-state index in [0.717, 1.165) is 24.5 Å². The SMILES string of the molecule is CC(C)(c1cccc(-c2[c-]cc(C(F)(F)F)nc2)n1)c1cccc(-c2[c-]cc(C(F)(F)F)nc2)n1.[Pt+2]. The van der Waals surface area contributed by atoms with Crippen molar-refractivity contribution in [2.24, 2.45) is 0 Å². The fraction of sp³-hybridized carbons (Fsp3) is 0.200. The van der Waals surface area contributed by atoms with E-state index in [1.165, 1.54) is 0 Å². The summed E-state index contributed by atoms with van der Waals surface area (Å²) >= 11 is 0. The molecule has 0 N–H and O–H groups in total. The molecule has 11 heteroatoms. The van der Waals surface area contributed by atoms with Crippen LogP contribution in [0.15, 0.2) is 60.9 Å². The molecule has 0 amide bonds. The van der Waals surface area contributed by atoms with Crippen LogP contribution in [0.5, 0.6) is 0 Å². The summed E-state index contributed by atoms with van der Waals surface area (Å²) in [6.45, 7) is 3.71. The number of aromatic nitrogens is 4. The van der Waals surface area contributed by atoms with Crippen molar-refractivity contribution in [1.82, 2.24) is 19.9 Å². The number of hydrogen-bond acceptors (Lipinski definition) is 4. The third-order valence-electron chi connectivity index (χ3n) is 5.31. The Morgan fingerprint density at radius 3 is 1.31 bits per heavy atom. The van der Waals surface area contributed by atoms with E-state index in [-0.39, 0.29) is 21.1 Å². The van der Waals surface area contributed by atoms with Gasteiger partial charge in [0.05, 0.1) is 11.4 Å². The van der Waals surface area contributed by atoms with Crippen LogP contribution in [-0.4, -0.2) is 19.9 Å². The Bertz CT molecular complexity index is 1230. The zero-order chi connectivity index (χ0) is 25.4. The van der Waals surface area contributed by atoms with Gasteiger partial charge in [-0.15, -0.1) is 35.4 Å². The Morgan fingerprint density at radius 2 is 1.00 bits per heavy atom. The van der Waals surface area contributed by atoms with Crippen molar-refractivity contribution >= 4 is 0 Å². The van der Waals surface area contributed by atoms with Crippen molar-refractivity contribution in [3.63, 3.8) is 0 Å². The molecule has 4 aromatic heterocycles. The van der Waals surface area contributed by atoms with E-state index in [0.29, 0.717) is 33.9 Å². The summed E-state index contributed by atoms with van der Waals surface area (Å²) in [5.74, 6) is 0. The summed E-state index contributed by atoms with van der Waals surface area (Å²) in [6.07, 6.45) is -7.01. The molecule has 0 saturated carbocycles. The zero-order valence-electron chi connectivity index (χ0n) is 18.6. The second kappa shape index (κ2) is 10.1. The maximum absolute atomic E-state index is 12.8. The molecule has 0 aromatic carbocycles. The van der Waals surface area contributed by atoms with Crippen molar-refractivity contribution < 1.29 is 47.4 Å². The Kier molecular flexibility index (Phi) is 7.69. The van der Waals surface area contributed by atoms with Crippen LogP contribution in [0.4, 0.5) is 26.3 Å². The molecule has 0 saturated heterocycles. The molecule has 0 unspecified atom stereocenters. The van der Waals surface area contributed by atoms with Crippen molar-refractivity contribution in [2.75, 3.05) is 0 Å². The molecule has 36 heavy (non-hydrogen) atoms. The Hall–Kier alpha value is -3.13. The van der Waals surface area contributed by atoms with E-state index >= 15 is 0 Å². The van der Waals surface area contributed by atoms with E-state index in [2.05, 4.69) is 32.1 Å². The second-order valence-corrected chi connectivity index (χ2v) is 8.13. The summed E-state index contributed by atoms with van der Waals surface area (Å²) < 4.78 is 76.8. The minimum Gasteiger partial charge on any atom is -0.348 e. The van der Waals surface area contributed by atoms with Crippen LogP contribution in [0.1, 0.15) is 36.6 Å². The van der Waals surface area contributed by atoms with Crippen LogP contribution >= 0.6 is 0 Å². The maximum atomic E-state index is 12.8. The molecule has 188 valence electrons. The van der Waals surface area contributed by atoms with Crippen LogP contribution in [-0.2, 0) is 38.8 Å². The first-order chi connectivity index (χ1) is 16.4. The normalized spacial score (nSPS) is 12.2. The average molecular weight is 681 g/mol. The number of halogens is 6. The minimum atomic E-state index is -4.57. The van der Waals surface area contributed by atoms with Crippen molar-refractivity contribution in [2.45, 2.75) is 31.6 Å². The predicted molar refractivity (Wildman–Crippen MR) is 115 cm³/mol.